The van der Waals surface area contributed by atoms with E-state index in [1.807, 2.05) is 12.1 Å². The lowest BCUT2D eigenvalue weighted by molar-refractivity contribution is -0.123. The minimum Gasteiger partial charge on any atom is -0.481 e. The maximum Gasteiger partial charge on any atom is 0.237 e. The fourth-order valence-electron chi connectivity index (χ4n) is 2.13. The third kappa shape index (κ3) is 3.42. The Labute approximate surface area is 112 Å². The fraction of sp³-hybridized carbons (Fsp3) is 0.538. The van der Waals surface area contributed by atoms with Gasteiger partial charge in [-0.15, -0.1) is 0 Å². The smallest absolute Gasteiger partial charge is 0.237 e. The number of nitrogens with zero attached hydrogens (tertiary/aromatic N) is 1. The normalized spacial score (nSPS) is 22.2. The van der Waals surface area contributed by atoms with Gasteiger partial charge in [0.2, 0.25) is 11.8 Å². The molecule has 2 heterocycles. The van der Waals surface area contributed by atoms with Crippen LogP contribution in [-0.4, -0.2) is 43.8 Å². The molecule has 0 bridgehead atoms. The van der Waals surface area contributed by atoms with E-state index in [1.54, 1.807) is 20.4 Å². The molecule has 104 valence electrons. The molecular weight excluding hydrogens is 246 g/mol. The molecular formula is C13H19N3O3. The summed E-state index contributed by atoms with van der Waals surface area (Å²) in [7, 11) is 3.22. The van der Waals surface area contributed by atoms with Crippen LogP contribution in [0.1, 0.15) is 12.0 Å². The average molecular weight is 265 g/mol. The monoisotopic (exact) mass is 265 g/mol. The summed E-state index contributed by atoms with van der Waals surface area (Å²) in [5.41, 5.74) is 0.861. The second-order valence-electron chi connectivity index (χ2n) is 4.44. The highest BCUT2D eigenvalue weighted by Crippen LogP contribution is 2.14. The summed E-state index contributed by atoms with van der Waals surface area (Å²) in [6.07, 6.45) is 2.47. The first-order valence-electron chi connectivity index (χ1n) is 6.26. The molecule has 19 heavy (non-hydrogen) atoms. The zero-order valence-electron chi connectivity index (χ0n) is 11.2. The van der Waals surface area contributed by atoms with Crippen LogP contribution in [0.4, 0.5) is 0 Å². The van der Waals surface area contributed by atoms with E-state index < -0.39 is 0 Å². The molecule has 2 rings (SSSR count). The van der Waals surface area contributed by atoms with Crippen molar-refractivity contribution in [1.29, 1.82) is 0 Å². The molecule has 0 aliphatic carbocycles. The largest absolute Gasteiger partial charge is 0.481 e. The zero-order valence-corrected chi connectivity index (χ0v) is 11.2. The molecule has 1 saturated heterocycles. The number of hydrogen-bond donors (Lipinski definition) is 2. The summed E-state index contributed by atoms with van der Waals surface area (Å²) >= 11 is 0. The number of amides is 1. The van der Waals surface area contributed by atoms with E-state index >= 15 is 0 Å². The number of rotatable bonds is 5. The summed E-state index contributed by atoms with van der Waals surface area (Å²) in [5, 5.41) is 6.02. The van der Waals surface area contributed by atoms with Crippen molar-refractivity contribution in [3.05, 3.63) is 23.9 Å². The maximum atomic E-state index is 12.0. The van der Waals surface area contributed by atoms with Crippen LogP contribution < -0.4 is 15.4 Å². The summed E-state index contributed by atoms with van der Waals surface area (Å²) < 4.78 is 10.4. The van der Waals surface area contributed by atoms with Crippen molar-refractivity contribution in [3.63, 3.8) is 0 Å². The molecule has 0 aromatic carbocycles. The van der Waals surface area contributed by atoms with Gasteiger partial charge >= 0.3 is 0 Å². The van der Waals surface area contributed by atoms with Crippen molar-refractivity contribution in [3.8, 4) is 5.88 Å². The molecule has 1 amide bonds. The molecule has 1 aliphatic heterocycles. The third-order valence-corrected chi connectivity index (χ3v) is 3.24. The number of carbonyl (C=O) groups excluding carboxylic acids is 1. The predicted molar refractivity (Wildman–Crippen MR) is 69.8 cm³/mol. The number of methoxy groups -OCH3 is 2. The summed E-state index contributed by atoms with van der Waals surface area (Å²) in [4.78, 5) is 16.1. The van der Waals surface area contributed by atoms with Gasteiger partial charge in [-0.1, -0.05) is 6.07 Å². The molecule has 2 unspecified atom stereocenters. The molecule has 6 heteroatoms. The maximum absolute atomic E-state index is 12.0. The molecule has 0 spiro atoms. The Bertz CT molecular complexity index is 439. The standard InChI is InChI=1S/C13H19N3O3/c1-18-10-6-11(15-8-10)12(17)16-7-9-4-3-5-14-13(9)19-2/h3-5,10-11,15H,6-8H2,1-2H3,(H,16,17). The van der Waals surface area contributed by atoms with Gasteiger partial charge in [0.1, 0.15) is 0 Å². The fourth-order valence-corrected chi connectivity index (χ4v) is 2.13. The Morgan fingerprint density at radius 2 is 2.42 bits per heavy atom. The number of carbonyl (C=O) groups is 1. The minimum absolute atomic E-state index is 0.0227. The topological polar surface area (TPSA) is 72.5 Å². The second-order valence-corrected chi connectivity index (χ2v) is 4.44. The highest BCUT2D eigenvalue weighted by Gasteiger charge is 2.29. The van der Waals surface area contributed by atoms with Gasteiger partial charge in [-0.05, 0) is 12.5 Å². The van der Waals surface area contributed by atoms with Crippen molar-refractivity contribution < 1.29 is 14.3 Å². The third-order valence-electron chi connectivity index (χ3n) is 3.24. The molecule has 1 aromatic rings. The molecule has 6 nitrogen and oxygen atoms in total. The van der Waals surface area contributed by atoms with Gasteiger partial charge in [-0.3, -0.25) is 4.79 Å². The predicted octanol–water partition coefficient (Wildman–Crippen LogP) is 0.0833. The van der Waals surface area contributed by atoms with E-state index in [0.29, 0.717) is 25.4 Å². The Morgan fingerprint density at radius 3 is 3.11 bits per heavy atom. The Morgan fingerprint density at radius 1 is 1.58 bits per heavy atom. The van der Waals surface area contributed by atoms with E-state index in [-0.39, 0.29) is 18.1 Å². The van der Waals surface area contributed by atoms with Gasteiger partial charge in [-0.25, -0.2) is 4.98 Å². The highest BCUT2D eigenvalue weighted by atomic mass is 16.5. The van der Waals surface area contributed by atoms with Gasteiger partial charge in [0, 0.05) is 32.0 Å². The quantitative estimate of drug-likeness (QED) is 0.789. The summed E-state index contributed by atoms with van der Waals surface area (Å²) in [5.74, 6) is 0.516. The highest BCUT2D eigenvalue weighted by molar-refractivity contribution is 5.82. The van der Waals surface area contributed by atoms with Crippen molar-refractivity contribution >= 4 is 5.91 Å². The van der Waals surface area contributed by atoms with Crippen LogP contribution in [0.2, 0.25) is 0 Å². The number of aromatic nitrogens is 1. The average Bonchev–Trinajstić information content (AvgIpc) is 2.94. The van der Waals surface area contributed by atoms with Crippen LogP contribution in [0, 0.1) is 0 Å². The Balaban J connectivity index is 1.87. The van der Waals surface area contributed by atoms with Gasteiger partial charge in [0.25, 0.3) is 0 Å². The molecule has 1 aromatic heterocycles. The SMILES string of the molecule is COc1ncccc1CNC(=O)C1CC(OC)CN1. The molecule has 1 fully saturated rings. The van der Waals surface area contributed by atoms with Crippen LogP contribution in [0.15, 0.2) is 18.3 Å². The molecule has 0 saturated carbocycles. The van der Waals surface area contributed by atoms with Gasteiger partial charge < -0.3 is 20.1 Å². The van der Waals surface area contributed by atoms with Crippen molar-refractivity contribution in [2.75, 3.05) is 20.8 Å². The number of hydrogen-bond acceptors (Lipinski definition) is 5. The lowest BCUT2D eigenvalue weighted by atomic mass is 10.2. The van der Waals surface area contributed by atoms with E-state index in [0.717, 1.165) is 5.56 Å². The lowest BCUT2D eigenvalue weighted by Gasteiger charge is -2.12. The van der Waals surface area contributed by atoms with Crippen LogP contribution in [0.5, 0.6) is 5.88 Å². The number of ether oxygens (including phenoxy) is 2. The van der Waals surface area contributed by atoms with Crippen LogP contribution in [0.3, 0.4) is 0 Å². The van der Waals surface area contributed by atoms with E-state index in [1.165, 1.54) is 0 Å². The number of nitrogens with one attached hydrogen (secondary N) is 2. The number of pyridine rings is 1. The Hall–Kier alpha value is -1.66. The van der Waals surface area contributed by atoms with Gasteiger partial charge in [-0.2, -0.15) is 0 Å². The summed E-state index contributed by atoms with van der Waals surface area (Å²) in [6.45, 7) is 1.12. The molecule has 0 radical (unpaired) electrons. The lowest BCUT2D eigenvalue weighted by Crippen LogP contribution is -2.40. The van der Waals surface area contributed by atoms with E-state index in [2.05, 4.69) is 15.6 Å². The van der Waals surface area contributed by atoms with Crippen LogP contribution in [0.25, 0.3) is 0 Å². The molecule has 2 atom stereocenters. The van der Waals surface area contributed by atoms with Gasteiger partial charge in [0.05, 0.1) is 19.3 Å². The zero-order chi connectivity index (χ0) is 13.7. The van der Waals surface area contributed by atoms with Crippen molar-refractivity contribution in [2.24, 2.45) is 0 Å². The first kappa shape index (κ1) is 13.8. The van der Waals surface area contributed by atoms with E-state index in [4.69, 9.17) is 9.47 Å². The molecule has 2 N–H and O–H groups in total. The van der Waals surface area contributed by atoms with Crippen molar-refractivity contribution in [2.45, 2.75) is 25.1 Å². The van der Waals surface area contributed by atoms with Crippen LogP contribution in [-0.2, 0) is 16.1 Å². The second kappa shape index (κ2) is 6.49. The Kier molecular flexibility index (Phi) is 4.70. The minimum atomic E-state index is -0.187. The van der Waals surface area contributed by atoms with Gasteiger partial charge in [0.15, 0.2) is 0 Å². The summed E-state index contributed by atoms with van der Waals surface area (Å²) in [6, 6.07) is 3.51. The first-order chi connectivity index (χ1) is 9.24. The molecule has 1 aliphatic rings. The van der Waals surface area contributed by atoms with E-state index in [9.17, 15) is 4.79 Å². The van der Waals surface area contributed by atoms with Crippen LogP contribution >= 0.6 is 0 Å². The first-order valence-corrected chi connectivity index (χ1v) is 6.26. The van der Waals surface area contributed by atoms with Crippen molar-refractivity contribution in [1.82, 2.24) is 15.6 Å².